The first-order valence-electron chi connectivity index (χ1n) is 4.62. The molecule has 0 saturated heterocycles. The second-order valence-electron chi connectivity index (χ2n) is 3.10. The summed E-state index contributed by atoms with van der Waals surface area (Å²) in [7, 11) is 2.85. The standard InChI is InChI=1S/C11H13ClO4/c1-15-10-4-8(6-13)11(16-2)7(5-12)3-9(10)14/h3-4,13H,5-6H2,1-2H3. The van der Waals surface area contributed by atoms with Crippen LogP contribution >= 0.6 is 11.6 Å². The molecule has 0 bridgehead atoms. The quantitative estimate of drug-likeness (QED) is 0.811. The van der Waals surface area contributed by atoms with Crippen LogP contribution < -0.4 is 14.9 Å². The molecule has 0 fully saturated rings. The zero-order valence-electron chi connectivity index (χ0n) is 9.12. The predicted octanol–water partition coefficient (Wildman–Crippen LogP) is 1.30. The lowest BCUT2D eigenvalue weighted by atomic mass is 10.2. The molecular weight excluding hydrogens is 232 g/mol. The van der Waals surface area contributed by atoms with Gasteiger partial charge < -0.3 is 14.6 Å². The maximum absolute atomic E-state index is 11.6. The summed E-state index contributed by atoms with van der Waals surface area (Å²) in [6, 6.07) is 2.81. The average Bonchev–Trinajstić information content (AvgIpc) is 2.44. The molecule has 0 saturated carbocycles. The Morgan fingerprint density at radius 1 is 1.25 bits per heavy atom. The Balaban J connectivity index is 3.61. The first-order chi connectivity index (χ1) is 7.67. The van der Waals surface area contributed by atoms with E-state index < -0.39 is 0 Å². The number of aliphatic hydroxyl groups excluding tert-OH is 1. The summed E-state index contributed by atoms with van der Waals surface area (Å²) in [6.07, 6.45) is 0. The van der Waals surface area contributed by atoms with Gasteiger partial charge in [0.1, 0.15) is 5.75 Å². The first kappa shape index (κ1) is 12.8. The molecule has 0 aliphatic heterocycles. The highest BCUT2D eigenvalue weighted by Gasteiger charge is 2.10. The van der Waals surface area contributed by atoms with Gasteiger partial charge in [0.25, 0.3) is 0 Å². The van der Waals surface area contributed by atoms with Crippen LogP contribution in [0.2, 0.25) is 0 Å². The zero-order valence-corrected chi connectivity index (χ0v) is 9.87. The van der Waals surface area contributed by atoms with Crippen molar-refractivity contribution in [3.05, 3.63) is 33.5 Å². The molecule has 0 unspecified atom stereocenters. The van der Waals surface area contributed by atoms with Crippen molar-refractivity contribution in [3.63, 3.8) is 0 Å². The lowest BCUT2D eigenvalue weighted by Gasteiger charge is -2.06. The smallest absolute Gasteiger partial charge is 0.220 e. The van der Waals surface area contributed by atoms with Crippen LogP contribution in [-0.2, 0) is 12.5 Å². The Kier molecular flexibility index (Phi) is 4.58. The van der Waals surface area contributed by atoms with Crippen molar-refractivity contribution < 1.29 is 14.6 Å². The van der Waals surface area contributed by atoms with Gasteiger partial charge in [0, 0.05) is 11.1 Å². The van der Waals surface area contributed by atoms with Gasteiger partial charge in [-0.3, -0.25) is 4.79 Å². The van der Waals surface area contributed by atoms with Crippen LogP contribution in [-0.4, -0.2) is 19.3 Å². The van der Waals surface area contributed by atoms with Crippen molar-refractivity contribution >= 4 is 11.6 Å². The third-order valence-electron chi connectivity index (χ3n) is 2.18. The van der Waals surface area contributed by atoms with Crippen LogP contribution in [0.15, 0.2) is 16.9 Å². The van der Waals surface area contributed by atoms with E-state index in [2.05, 4.69) is 0 Å². The monoisotopic (exact) mass is 244 g/mol. The van der Waals surface area contributed by atoms with Gasteiger partial charge in [0.2, 0.25) is 5.43 Å². The Labute approximate surface area is 98.4 Å². The van der Waals surface area contributed by atoms with E-state index in [0.717, 1.165) is 0 Å². The van der Waals surface area contributed by atoms with Crippen molar-refractivity contribution in [2.24, 2.45) is 0 Å². The van der Waals surface area contributed by atoms with Crippen LogP contribution in [0.25, 0.3) is 0 Å². The van der Waals surface area contributed by atoms with E-state index in [1.165, 1.54) is 26.4 Å². The molecule has 0 radical (unpaired) electrons. The van der Waals surface area contributed by atoms with Gasteiger partial charge in [-0.05, 0) is 12.1 Å². The molecule has 0 spiro atoms. The van der Waals surface area contributed by atoms with Crippen molar-refractivity contribution in [2.75, 3.05) is 14.2 Å². The highest BCUT2D eigenvalue weighted by Crippen LogP contribution is 2.25. The van der Waals surface area contributed by atoms with E-state index in [-0.39, 0.29) is 23.7 Å². The third kappa shape index (κ3) is 2.46. The number of aliphatic hydroxyl groups is 1. The van der Waals surface area contributed by atoms with E-state index in [1.807, 2.05) is 0 Å². The minimum absolute atomic E-state index is 0.128. The minimum atomic E-state index is -0.295. The predicted molar refractivity (Wildman–Crippen MR) is 61.3 cm³/mol. The van der Waals surface area contributed by atoms with E-state index in [4.69, 9.17) is 21.1 Å². The summed E-state index contributed by atoms with van der Waals surface area (Å²) < 4.78 is 10.1. The van der Waals surface area contributed by atoms with Crippen molar-refractivity contribution in [1.29, 1.82) is 0 Å². The van der Waals surface area contributed by atoms with Crippen LogP contribution in [0.5, 0.6) is 11.5 Å². The molecule has 5 heteroatoms. The molecule has 1 N–H and O–H groups in total. The Hall–Kier alpha value is -1.26. The summed E-state index contributed by atoms with van der Waals surface area (Å²) in [5, 5.41) is 9.21. The highest BCUT2D eigenvalue weighted by atomic mass is 35.5. The van der Waals surface area contributed by atoms with Gasteiger partial charge >= 0.3 is 0 Å². The topological polar surface area (TPSA) is 55.8 Å². The fraction of sp³-hybridized carbons (Fsp3) is 0.364. The SMILES string of the molecule is COc1c(CO)cc(OC)c(=O)cc1CCl. The maximum Gasteiger partial charge on any atom is 0.220 e. The third-order valence-corrected chi connectivity index (χ3v) is 2.46. The van der Waals surface area contributed by atoms with E-state index in [0.29, 0.717) is 16.9 Å². The molecule has 0 aromatic heterocycles. The molecular formula is C11H13ClO4. The van der Waals surface area contributed by atoms with Crippen molar-refractivity contribution in [1.82, 2.24) is 0 Å². The molecule has 4 nitrogen and oxygen atoms in total. The molecule has 0 amide bonds. The van der Waals surface area contributed by atoms with Crippen LogP contribution in [0.3, 0.4) is 0 Å². The molecule has 0 aliphatic carbocycles. The number of ether oxygens (including phenoxy) is 2. The molecule has 16 heavy (non-hydrogen) atoms. The maximum atomic E-state index is 11.6. The molecule has 0 aliphatic rings. The summed E-state index contributed by atoms with van der Waals surface area (Å²) in [4.78, 5) is 11.6. The second-order valence-corrected chi connectivity index (χ2v) is 3.36. The van der Waals surface area contributed by atoms with Crippen LogP contribution in [0.1, 0.15) is 11.1 Å². The number of hydrogen-bond donors (Lipinski definition) is 1. The Morgan fingerprint density at radius 3 is 2.38 bits per heavy atom. The molecule has 1 aromatic carbocycles. The zero-order chi connectivity index (χ0) is 12.1. The lowest BCUT2D eigenvalue weighted by Crippen LogP contribution is -2.00. The average molecular weight is 245 g/mol. The first-order valence-corrected chi connectivity index (χ1v) is 5.16. The van der Waals surface area contributed by atoms with Gasteiger partial charge in [-0.25, -0.2) is 0 Å². The number of halogens is 1. The van der Waals surface area contributed by atoms with E-state index >= 15 is 0 Å². The van der Waals surface area contributed by atoms with E-state index in [1.54, 1.807) is 0 Å². The van der Waals surface area contributed by atoms with Gasteiger partial charge in [-0.15, -0.1) is 11.6 Å². The normalized spacial score (nSPS) is 10.0. The van der Waals surface area contributed by atoms with Gasteiger partial charge in [0.05, 0.1) is 26.7 Å². The van der Waals surface area contributed by atoms with Crippen LogP contribution in [0.4, 0.5) is 0 Å². The fourth-order valence-electron chi connectivity index (χ4n) is 1.43. The second kappa shape index (κ2) is 5.72. The molecule has 1 rings (SSSR count). The number of methoxy groups -OCH3 is 2. The Bertz CT molecular complexity index is 431. The summed E-state index contributed by atoms with van der Waals surface area (Å²) in [5.41, 5.74) is 0.703. The number of alkyl halides is 1. The molecule has 0 atom stereocenters. The summed E-state index contributed by atoms with van der Waals surface area (Å²) in [6.45, 7) is -0.252. The van der Waals surface area contributed by atoms with Gasteiger partial charge in [-0.2, -0.15) is 0 Å². The van der Waals surface area contributed by atoms with Crippen molar-refractivity contribution in [3.8, 4) is 11.5 Å². The summed E-state index contributed by atoms with van der Waals surface area (Å²) in [5.74, 6) is 0.695. The largest absolute Gasteiger partial charge is 0.496 e. The fourth-order valence-corrected chi connectivity index (χ4v) is 1.63. The van der Waals surface area contributed by atoms with Crippen molar-refractivity contribution in [2.45, 2.75) is 12.5 Å². The molecule has 1 aromatic rings. The Morgan fingerprint density at radius 2 is 1.94 bits per heavy atom. The molecule has 88 valence electrons. The van der Waals surface area contributed by atoms with E-state index in [9.17, 15) is 9.90 Å². The summed E-state index contributed by atoms with van der Waals surface area (Å²) >= 11 is 5.72. The lowest BCUT2D eigenvalue weighted by molar-refractivity contribution is 0.273. The molecule has 0 heterocycles. The number of rotatable bonds is 4. The minimum Gasteiger partial charge on any atom is -0.496 e. The number of hydrogen-bond acceptors (Lipinski definition) is 4. The van der Waals surface area contributed by atoms with Gasteiger partial charge in [-0.1, -0.05) is 0 Å². The highest BCUT2D eigenvalue weighted by molar-refractivity contribution is 6.17. The van der Waals surface area contributed by atoms with Crippen LogP contribution in [0, 0.1) is 0 Å². The van der Waals surface area contributed by atoms with Gasteiger partial charge in [0.15, 0.2) is 5.75 Å².